The van der Waals surface area contributed by atoms with Crippen LogP contribution in [0, 0.1) is 5.92 Å². The number of pyridine rings is 1. The van der Waals surface area contributed by atoms with E-state index in [-0.39, 0.29) is 0 Å². The molecule has 0 aliphatic heterocycles. The highest BCUT2D eigenvalue weighted by molar-refractivity contribution is 6.29. The topological polar surface area (TPSA) is 78.8 Å². The van der Waals surface area contributed by atoms with Crippen molar-refractivity contribution < 1.29 is 9.84 Å². The lowest BCUT2D eigenvalue weighted by Crippen LogP contribution is -2.39. The summed E-state index contributed by atoms with van der Waals surface area (Å²) in [6, 6.07) is 3.74. The Bertz CT molecular complexity index is 480. The fourth-order valence-electron chi connectivity index (χ4n) is 1.91. The number of aliphatic hydroxyl groups excluding tert-OH is 1. The Morgan fingerprint density at radius 1 is 1.33 bits per heavy atom. The molecular formula is C17H29ClN4O2. The lowest BCUT2D eigenvalue weighted by molar-refractivity contribution is 0.0301. The lowest BCUT2D eigenvalue weighted by atomic mass is 10.2. The summed E-state index contributed by atoms with van der Waals surface area (Å²) in [4.78, 5) is 8.44. The van der Waals surface area contributed by atoms with E-state index >= 15 is 0 Å². The van der Waals surface area contributed by atoms with Gasteiger partial charge in [-0.3, -0.25) is 4.99 Å². The van der Waals surface area contributed by atoms with Crippen LogP contribution in [0.2, 0.25) is 5.15 Å². The van der Waals surface area contributed by atoms with Gasteiger partial charge in [0.1, 0.15) is 5.15 Å². The molecule has 1 rings (SSSR count). The highest BCUT2D eigenvalue weighted by Gasteiger charge is 2.05. The first kappa shape index (κ1) is 20.7. The summed E-state index contributed by atoms with van der Waals surface area (Å²) < 4.78 is 5.42. The molecule has 0 amide bonds. The van der Waals surface area contributed by atoms with Crippen molar-refractivity contribution in [2.45, 2.75) is 33.3 Å². The molecule has 6 nitrogen and oxygen atoms in total. The maximum atomic E-state index is 9.90. The summed E-state index contributed by atoms with van der Waals surface area (Å²) in [6.07, 6.45) is 1.98. The average Bonchev–Trinajstić information content (AvgIpc) is 2.54. The number of hydrogen-bond acceptors (Lipinski definition) is 4. The van der Waals surface area contributed by atoms with Crippen molar-refractivity contribution in [2.75, 3.05) is 32.8 Å². The van der Waals surface area contributed by atoms with Gasteiger partial charge in [-0.1, -0.05) is 31.5 Å². The van der Waals surface area contributed by atoms with Gasteiger partial charge in [-0.2, -0.15) is 0 Å². The van der Waals surface area contributed by atoms with Gasteiger partial charge in [-0.25, -0.2) is 4.98 Å². The Kier molecular flexibility index (Phi) is 10.4. The molecule has 0 aliphatic rings. The van der Waals surface area contributed by atoms with E-state index in [1.807, 2.05) is 13.0 Å². The number of nitrogens with zero attached hydrogens (tertiary/aromatic N) is 2. The number of hydrogen-bond donors (Lipinski definition) is 3. The summed E-state index contributed by atoms with van der Waals surface area (Å²) in [5.41, 5.74) is 1.10. The number of nitrogens with one attached hydrogen (secondary N) is 2. The van der Waals surface area contributed by atoms with Crippen LogP contribution in [0.15, 0.2) is 23.3 Å². The lowest BCUT2D eigenvalue weighted by Gasteiger charge is -2.14. The first-order valence-electron chi connectivity index (χ1n) is 8.39. The molecule has 0 aromatic carbocycles. The van der Waals surface area contributed by atoms with Crippen LogP contribution >= 0.6 is 11.6 Å². The van der Waals surface area contributed by atoms with Crippen molar-refractivity contribution in [1.82, 2.24) is 15.6 Å². The Morgan fingerprint density at radius 3 is 2.75 bits per heavy atom. The zero-order valence-electron chi connectivity index (χ0n) is 14.8. The molecule has 1 atom stereocenters. The molecule has 0 spiro atoms. The van der Waals surface area contributed by atoms with Gasteiger partial charge in [0.05, 0.1) is 19.3 Å². The van der Waals surface area contributed by atoms with Crippen molar-refractivity contribution in [1.29, 1.82) is 0 Å². The Hall–Kier alpha value is -1.37. The van der Waals surface area contributed by atoms with Crippen LogP contribution in [0.25, 0.3) is 0 Å². The summed E-state index contributed by atoms with van der Waals surface area (Å²) in [5.74, 6) is 1.14. The minimum Gasteiger partial charge on any atom is -0.389 e. The number of ether oxygens (including phenoxy) is 1. The predicted octanol–water partition coefficient (Wildman–Crippen LogP) is 1.87. The molecule has 0 fully saturated rings. The molecule has 1 unspecified atom stereocenters. The molecule has 1 aromatic rings. The van der Waals surface area contributed by atoms with E-state index in [2.05, 4.69) is 34.5 Å². The van der Waals surface area contributed by atoms with Crippen molar-refractivity contribution in [3.05, 3.63) is 29.0 Å². The molecule has 0 saturated heterocycles. The molecule has 24 heavy (non-hydrogen) atoms. The van der Waals surface area contributed by atoms with Crippen molar-refractivity contribution in [2.24, 2.45) is 10.9 Å². The minimum absolute atomic E-state index is 0.302. The molecule has 0 aliphatic carbocycles. The third kappa shape index (κ3) is 9.70. The highest BCUT2D eigenvalue weighted by atomic mass is 35.5. The monoisotopic (exact) mass is 356 g/mol. The molecule has 0 saturated carbocycles. The van der Waals surface area contributed by atoms with Crippen LogP contribution in [0.3, 0.4) is 0 Å². The first-order valence-corrected chi connectivity index (χ1v) is 8.77. The van der Waals surface area contributed by atoms with Crippen LogP contribution in [0.1, 0.15) is 26.3 Å². The second-order valence-corrected chi connectivity index (χ2v) is 6.36. The molecule has 1 heterocycles. The van der Waals surface area contributed by atoms with Crippen molar-refractivity contribution >= 4 is 17.6 Å². The minimum atomic E-state index is -0.598. The fourth-order valence-corrected chi connectivity index (χ4v) is 2.02. The summed E-state index contributed by atoms with van der Waals surface area (Å²) in [6.45, 7) is 8.88. The van der Waals surface area contributed by atoms with E-state index in [1.54, 1.807) is 12.3 Å². The Balaban J connectivity index is 2.34. The molecule has 1 aromatic heterocycles. The number of halogens is 1. The summed E-state index contributed by atoms with van der Waals surface area (Å²) >= 11 is 5.77. The number of aliphatic imine (C=N–C) groups is 1. The third-order valence-electron chi connectivity index (χ3n) is 3.06. The Morgan fingerprint density at radius 2 is 2.12 bits per heavy atom. The van der Waals surface area contributed by atoms with E-state index in [4.69, 9.17) is 16.3 Å². The molecule has 0 radical (unpaired) electrons. The SMILES string of the molecule is CCNC(=NCC(O)COCC(C)C)NCCc1ccc(Cl)nc1. The van der Waals surface area contributed by atoms with Crippen LogP contribution in [0.5, 0.6) is 0 Å². The zero-order chi connectivity index (χ0) is 17.8. The standard InChI is InChI=1S/C17H29ClN4O2/c1-4-19-17(22-10-15(23)12-24-11-13(2)3)20-8-7-14-5-6-16(18)21-9-14/h5-6,9,13,15,23H,4,7-8,10-12H2,1-3H3,(H2,19,20,22). The van der Waals surface area contributed by atoms with Gasteiger partial charge in [-0.15, -0.1) is 0 Å². The van der Waals surface area contributed by atoms with Gasteiger partial charge >= 0.3 is 0 Å². The van der Waals surface area contributed by atoms with Gasteiger partial charge in [0.2, 0.25) is 0 Å². The largest absolute Gasteiger partial charge is 0.389 e. The van der Waals surface area contributed by atoms with E-state index < -0.39 is 6.10 Å². The quantitative estimate of drug-likeness (QED) is 0.339. The summed E-state index contributed by atoms with van der Waals surface area (Å²) in [7, 11) is 0. The number of aliphatic hydroxyl groups is 1. The van der Waals surface area contributed by atoms with Crippen LogP contribution in [0.4, 0.5) is 0 Å². The number of aromatic nitrogens is 1. The summed E-state index contributed by atoms with van der Waals surface area (Å²) in [5, 5.41) is 16.8. The van der Waals surface area contributed by atoms with E-state index in [0.717, 1.165) is 25.1 Å². The van der Waals surface area contributed by atoms with E-state index in [0.29, 0.717) is 36.8 Å². The maximum absolute atomic E-state index is 9.90. The van der Waals surface area contributed by atoms with Gasteiger partial charge < -0.3 is 20.5 Å². The Labute approximate surface area is 149 Å². The van der Waals surface area contributed by atoms with Crippen molar-refractivity contribution in [3.8, 4) is 0 Å². The first-order chi connectivity index (χ1) is 11.5. The number of rotatable bonds is 10. The molecular weight excluding hydrogens is 328 g/mol. The molecule has 7 heteroatoms. The molecule has 136 valence electrons. The van der Waals surface area contributed by atoms with Crippen LogP contribution < -0.4 is 10.6 Å². The maximum Gasteiger partial charge on any atom is 0.191 e. The fraction of sp³-hybridized carbons (Fsp3) is 0.647. The normalized spacial score (nSPS) is 13.2. The van der Waals surface area contributed by atoms with Gasteiger partial charge in [0, 0.05) is 25.9 Å². The smallest absolute Gasteiger partial charge is 0.191 e. The molecule has 0 bridgehead atoms. The van der Waals surface area contributed by atoms with E-state index in [9.17, 15) is 5.11 Å². The third-order valence-corrected chi connectivity index (χ3v) is 3.28. The second kappa shape index (κ2) is 12.1. The van der Waals surface area contributed by atoms with Gasteiger partial charge in [0.15, 0.2) is 5.96 Å². The van der Waals surface area contributed by atoms with E-state index in [1.165, 1.54) is 0 Å². The number of guanidine groups is 1. The average molecular weight is 357 g/mol. The second-order valence-electron chi connectivity index (χ2n) is 5.97. The van der Waals surface area contributed by atoms with Crippen LogP contribution in [-0.4, -0.2) is 55.0 Å². The van der Waals surface area contributed by atoms with Crippen LogP contribution in [-0.2, 0) is 11.2 Å². The van der Waals surface area contributed by atoms with Crippen molar-refractivity contribution in [3.63, 3.8) is 0 Å². The van der Waals surface area contributed by atoms with Gasteiger partial charge in [-0.05, 0) is 30.9 Å². The zero-order valence-corrected chi connectivity index (χ0v) is 15.5. The predicted molar refractivity (Wildman–Crippen MR) is 98.6 cm³/mol. The molecule has 3 N–H and O–H groups in total. The highest BCUT2D eigenvalue weighted by Crippen LogP contribution is 2.05. The van der Waals surface area contributed by atoms with Gasteiger partial charge in [0.25, 0.3) is 0 Å².